The van der Waals surface area contributed by atoms with Crippen molar-refractivity contribution >= 4 is 28.7 Å². The van der Waals surface area contributed by atoms with E-state index in [9.17, 15) is 4.79 Å². The fraction of sp³-hybridized carbons (Fsp3) is 0.214. The summed E-state index contributed by atoms with van der Waals surface area (Å²) in [6, 6.07) is 7.19. The zero-order chi connectivity index (χ0) is 13.0. The average Bonchev–Trinajstić information content (AvgIpc) is 2.84. The number of halogens is 1. The van der Waals surface area contributed by atoms with Gasteiger partial charge in [-0.2, -0.15) is 11.3 Å². The summed E-state index contributed by atoms with van der Waals surface area (Å²) in [6.45, 7) is 2.10. The van der Waals surface area contributed by atoms with Gasteiger partial charge >= 0.3 is 0 Å². The second kappa shape index (κ2) is 6.03. The molecule has 0 N–H and O–H groups in total. The molecule has 2 aromatic rings. The van der Waals surface area contributed by atoms with E-state index in [2.05, 4.69) is 11.4 Å². The molecule has 0 aliphatic heterocycles. The molecule has 0 amide bonds. The number of ketones is 1. The summed E-state index contributed by atoms with van der Waals surface area (Å²) in [5.41, 5.74) is 1.86. The SMILES string of the molecule is CC(=O)c1ccc(OCCc2ccsc2)c(Cl)c1. The quantitative estimate of drug-likeness (QED) is 0.766. The maximum Gasteiger partial charge on any atom is 0.159 e. The summed E-state index contributed by atoms with van der Waals surface area (Å²) < 4.78 is 5.61. The molecule has 0 bridgehead atoms. The van der Waals surface area contributed by atoms with Crippen LogP contribution in [-0.4, -0.2) is 12.4 Å². The number of ether oxygens (including phenoxy) is 1. The van der Waals surface area contributed by atoms with Crippen molar-refractivity contribution < 1.29 is 9.53 Å². The molecule has 0 aliphatic carbocycles. The molecular weight excluding hydrogens is 268 g/mol. The highest BCUT2D eigenvalue weighted by Crippen LogP contribution is 2.25. The van der Waals surface area contributed by atoms with Crippen LogP contribution in [0.1, 0.15) is 22.8 Å². The molecule has 0 saturated carbocycles. The molecule has 0 saturated heterocycles. The van der Waals surface area contributed by atoms with Crippen molar-refractivity contribution in [2.45, 2.75) is 13.3 Å². The highest BCUT2D eigenvalue weighted by atomic mass is 35.5. The molecule has 94 valence electrons. The molecule has 2 nitrogen and oxygen atoms in total. The topological polar surface area (TPSA) is 26.3 Å². The van der Waals surface area contributed by atoms with Crippen molar-refractivity contribution in [1.29, 1.82) is 0 Å². The minimum absolute atomic E-state index is 0.00160. The number of carbonyl (C=O) groups is 1. The summed E-state index contributed by atoms with van der Waals surface area (Å²) >= 11 is 7.73. The molecule has 1 heterocycles. The second-order valence-electron chi connectivity index (χ2n) is 3.93. The predicted octanol–water partition coefficient (Wildman–Crippen LogP) is 4.23. The normalized spacial score (nSPS) is 10.3. The molecule has 0 aliphatic rings. The fourth-order valence-corrected chi connectivity index (χ4v) is 2.49. The van der Waals surface area contributed by atoms with Crippen molar-refractivity contribution in [3.63, 3.8) is 0 Å². The van der Waals surface area contributed by atoms with Crippen LogP contribution in [0, 0.1) is 0 Å². The maximum absolute atomic E-state index is 11.2. The molecule has 2 rings (SSSR count). The molecule has 0 radical (unpaired) electrons. The van der Waals surface area contributed by atoms with Gasteiger partial charge in [0.25, 0.3) is 0 Å². The Bertz CT molecular complexity index is 535. The third-order valence-corrected chi connectivity index (χ3v) is 3.59. The van der Waals surface area contributed by atoms with Crippen LogP contribution in [0.25, 0.3) is 0 Å². The van der Waals surface area contributed by atoms with Crippen LogP contribution in [0.3, 0.4) is 0 Å². The van der Waals surface area contributed by atoms with Gasteiger partial charge in [-0.15, -0.1) is 0 Å². The monoisotopic (exact) mass is 280 g/mol. The molecule has 18 heavy (non-hydrogen) atoms. The van der Waals surface area contributed by atoms with E-state index in [-0.39, 0.29) is 5.78 Å². The lowest BCUT2D eigenvalue weighted by atomic mass is 10.1. The molecule has 0 fully saturated rings. The smallest absolute Gasteiger partial charge is 0.159 e. The van der Waals surface area contributed by atoms with E-state index in [4.69, 9.17) is 16.3 Å². The zero-order valence-corrected chi connectivity index (χ0v) is 11.6. The van der Waals surface area contributed by atoms with Gasteiger partial charge < -0.3 is 4.74 Å². The fourth-order valence-electron chi connectivity index (χ4n) is 1.55. The van der Waals surface area contributed by atoms with Crippen LogP contribution in [0.15, 0.2) is 35.0 Å². The van der Waals surface area contributed by atoms with Gasteiger partial charge in [0.05, 0.1) is 11.6 Å². The Kier molecular flexibility index (Phi) is 4.39. The van der Waals surface area contributed by atoms with Crippen LogP contribution in [0.2, 0.25) is 5.02 Å². The Morgan fingerprint density at radius 3 is 2.83 bits per heavy atom. The molecule has 0 atom stereocenters. The summed E-state index contributed by atoms with van der Waals surface area (Å²) in [7, 11) is 0. The Hall–Kier alpha value is -1.32. The highest BCUT2D eigenvalue weighted by Gasteiger charge is 2.06. The number of benzene rings is 1. The first-order chi connectivity index (χ1) is 8.66. The Labute approximate surface area is 115 Å². The maximum atomic E-state index is 11.2. The van der Waals surface area contributed by atoms with E-state index >= 15 is 0 Å². The van der Waals surface area contributed by atoms with Crippen LogP contribution < -0.4 is 4.74 Å². The number of hydrogen-bond donors (Lipinski definition) is 0. The molecule has 0 unspecified atom stereocenters. The number of carbonyl (C=O) groups excluding carboxylic acids is 1. The Morgan fingerprint density at radius 1 is 1.39 bits per heavy atom. The van der Waals surface area contributed by atoms with E-state index in [1.165, 1.54) is 12.5 Å². The van der Waals surface area contributed by atoms with Gasteiger partial charge in [-0.25, -0.2) is 0 Å². The lowest BCUT2D eigenvalue weighted by molar-refractivity contribution is 0.101. The van der Waals surface area contributed by atoms with Gasteiger partial charge in [0.15, 0.2) is 5.78 Å². The second-order valence-corrected chi connectivity index (χ2v) is 5.12. The van der Waals surface area contributed by atoms with Gasteiger partial charge in [0, 0.05) is 12.0 Å². The average molecular weight is 281 g/mol. The lowest BCUT2D eigenvalue weighted by Gasteiger charge is -2.08. The summed E-state index contributed by atoms with van der Waals surface area (Å²) in [6.07, 6.45) is 0.855. The molecule has 1 aromatic carbocycles. The Morgan fingerprint density at radius 2 is 2.22 bits per heavy atom. The van der Waals surface area contributed by atoms with Gasteiger partial charge in [0.2, 0.25) is 0 Å². The molecule has 1 aromatic heterocycles. The van der Waals surface area contributed by atoms with Crippen molar-refractivity contribution in [1.82, 2.24) is 0 Å². The Balaban J connectivity index is 1.95. The number of rotatable bonds is 5. The zero-order valence-electron chi connectivity index (χ0n) is 9.98. The van der Waals surface area contributed by atoms with Crippen LogP contribution in [0.5, 0.6) is 5.75 Å². The van der Waals surface area contributed by atoms with E-state index in [1.54, 1.807) is 29.5 Å². The predicted molar refractivity (Wildman–Crippen MR) is 75.0 cm³/mol. The number of Topliss-reactive ketones (excluding diaryl/α,β-unsaturated/α-hetero) is 1. The van der Waals surface area contributed by atoms with Crippen LogP contribution in [-0.2, 0) is 6.42 Å². The van der Waals surface area contributed by atoms with Gasteiger partial charge in [0.1, 0.15) is 5.75 Å². The van der Waals surface area contributed by atoms with Gasteiger partial charge in [-0.3, -0.25) is 4.79 Å². The van der Waals surface area contributed by atoms with Crippen LogP contribution in [0.4, 0.5) is 0 Å². The summed E-state index contributed by atoms with van der Waals surface area (Å²) in [5, 5.41) is 4.63. The lowest BCUT2D eigenvalue weighted by Crippen LogP contribution is -2.01. The standard InChI is InChI=1S/C14H13ClO2S/c1-10(16)12-2-3-14(13(15)8-12)17-6-4-11-5-7-18-9-11/h2-3,5,7-9H,4,6H2,1H3. The van der Waals surface area contributed by atoms with Crippen molar-refractivity contribution in [2.75, 3.05) is 6.61 Å². The highest BCUT2D eigenvalue weighted by molar-refractivity contribution is 7.07. The molecule has 0 spiro atoms. The van der Waals surface area contributed by atoms with Crippen LogP contribution >= 0.6 is 22.9 Å². The van der Waals surface area contributed by atoms with Crippen molar-refractivity contribution in [3.05, 3.63) is 51.2 Å². The third kappa shape index (κ3) is 3.34. The number of thiophene rings is 1. The minimum atomic E-state index is 0.00160. The molecule has 4 heteroatoms. The van der Waals surface area contributed by atoms with Crippen molar-refractivity contribution in [2.24, 2.45) is 0 Å². The van der Waals surface area contributed by atoms with E-state index in [0.29, 0.717) is 22.9 Å². The largest absolute Gasteiger partial charge is 0.492 e. The van der Waals surface area contributed by atoms with E-state index < -0.39 is 0 Å². The van der Waals surface area contributed by atoms with Gasteiger partial charge in [-0.1, -0.05) is 11.6 Å². The first kappa shape index (κ1) is 13.1. The minimum Gasteiger partial charge on any atom is -0.492 e. The molecular formula is C14H13ClO2S. The first-order valence-electron chi connectivity index (χ1n) is 5.61. The third-order valence-electron chi connectivity index (χ3n) is 2.57. The van der Waals surface area contributed by atoms with Gasteiger partial charge in [-0.05, 0) is 47.5 Å². The van der Waals surface area contributed by atoms with E-state index in [0.717, 1.165) is 6.42 Å². The number of hydrogen-bond acceptors (Lipinski definition) is 3. The first-order valence-corrected chi connectivity index (χ1v) is 6.93. The summed E-state index contributed by atoms with van der Waals surface area (Å²) in [5.74, 6) is 0.624. The van der Waals surface area contributed by atoms with E-state index in [1.807, 2.05) is 5.38 Å². The van der Waals surface area contributed by atoms with Crippen molar-refractivity contribution in [3.8, 4) is 5.75 Å². The summed E-state index contributed by atoms with van der Waals surface area (Å²) in [4.78, 5) is 11.2.